The van der Waals surface area contributed by atoms with Crippen LogP contribution in [0, 0.1) is 0 Å². The molecule has 5 heteroatoms. The number of esters is 1. The molecule has 0 atom stereocenters. The molecule has 0 aromatic carbocycles. The SMILES string of the molecule is CCOC(=O)CC(=O)COCI. The van der Waals surface area contributed by atoms with Gasteiger partial charge in [0, 0.05) is 0 Å². The molecule has 0 aliphatic carbocycles. The van der Waals surface area contributed by atoms with Gasteiger partial charge in [-0.1, -0.05) is 22.6 Å². The van der Waals surface area contributed by atoms with Gasteiger partial charge in [0.15, 0.2) is 5.78 Å². The van der Waals surface area contributed by atoms with E-state index >= 15 is 0 Å². The zero-order valence-electron chi connectivity index (χ0n) is 6.84. The molecule has 0 unspecified atom stereocenters. The lowest BCUT2D eigenvalue weighted by Gasteiger charge is -2.00. The highest BCUT2D eigenvalue weighted by Crippen LogP contribution is 1.91. The molecule has 4 nitrogen and oxygen atoms in total. The van der Waals surface area contributed by atoms with Crippen LogP contribution in [-0.2, 0) is 19.1 Å². The van der Waals surface area contributed by atoms with Crippen molar-refractivity contribution in [2.24, 2.45) is 0 Å². The molecule has 0 aliphatic rings. The highest BCUT2D eigenvalue weighted by molar-refractivity contribution is 14.1. The lowest BCUT2D eigenvalue weighted by Crippen LogP contribution is -2.15. The summed E-state index contributed by atoms with van der Waals surface area (Å²) in [4.78, 5) is 21.6. The Kier molecular flexibility index (Phi) is 7.37. The van der Waals surface area contributed by atoms with Gasteiger partial charge < -0.3 is 9.47 Å². The average Bonchev–Trinajstić information content (AvgIpc) is 2.01. The van der Waals surface area contributed by atoms with E-state index in [9.17, 15) is 9.59 Å². The summed E-state index contributed by atoms with van der Waals surface area (Å²) in [6.45, 7) is 1.99. The molecule has 0 heterocycles. The molecule has 0 aliphatic heterocycles. The Morgan fingerprint density at radius 3 is 2.58 bits per heavy atom. The van der Waals surface area contributed by atoms with Crippen molar-refractivity contribution in [1.29, 1.82) is 0 Å². The fraction of sp³-hybridized carbons (Fsp3) is 0.714. The fourth-order valence-electron chi connectivity index (χ4n) is 0.576. The van der Waals surface area contributed by atoms with Crippen molar-refractivity contribution in [3.63, 3.8) is 0 Å². The molecule has 0 spiro atoms. The quantitative estimate of drug-likeness (QED) is 0.315. The first-order chi connectivity index (χ1) is 5.70. The van der Waals surface area contributed by atoms with Crippen molar-refractivity contribution in [2.45, 2.75) is 13.3 Å². The summed E-state index contributed by atoms with van der Waals surface area (Å²) < 4.78 is 9.83. The number of hydrogen-bond donors (Lipinski definition) is 0. The van der Waals surface area contributed by atoms with Gasteiger partial charge in [0.1, 0.15) is 13.0 Å². The van der Waals surface area contributed by atoms with Crippen molar-refractivity contribution in [2.75, 3.05) is 17.8 Å². The van der Waals surface area contributed by atoms with Gasteiger partial charge in [-0.25, -0.2) is 0 Å². The van der Waals surface area contributed by atoms with Crippen molar-refractivity contribution >= 4 is 34.3 Å². The summed E-state index contributed by atoms with van der Waals surface area (Å²) in [6, 6.07) is 0. The maximum Gasteiger partial charge on any atom is 0.313 e. The Morgan fingerprint density at radius 2 is 2.08 bits per heavy atom. The molecule has 0 bridgehead atoms. The number of halogens is 1. The molecule has 0 aromatic heterocycles. The van der Waals surface area contributed by atoms with Gasteiger partial charge in [-0.05, 0) is 6.92 Å². The minimum Gasteiger partial charge on any atom is -0.466 e. The molecule has 0 saturated heterocycles. The molecule has 0 rings (SSSR count). The van der Waals surface area contributed by atoms with E-state index in [1.54, 1.807) is 6.92 Å². The van der Waals surface area contributed by atoms with Crippen LogP contribution >= 0.6 is 22.6 Å². The Morgan fingerprint density at radius 1 is 1.42 bits per heavy atom. The summed E-state index contributed by atoms with van der Waals surface area (Å²) >= 11 is 1.98. The number of alkyl halides is 1. The Labute approximate surface area is 84.7 Å². The van der Waals surface area contributed by atoms with Gasteiger partial charge in [0.25, 0.3) is 0 Å². The van der Waals surface area contributed by atoms with Crippen LogP contribution in [0.15, 0.2) is 0 Å². The Balaban J connectivity index is 3.47. The van der Waals surface area contributed by atoms with Gasteiger partial charge in [-0.15, -0.1) is 0 Å². The molecule has 0 aromatic rings. The van der Waals surface area contributed by atoms with E-state index in [0.29, 0.717) is 11.2 Å². The number of ether oxygens (including phenoxy) is 2. The first-order valence-corrected chi connectivity index (χ1v) is 5.04. The number of Topliss-reactive ketones (excluding diaryl/α,β-unsaturated/α-hetero) is 1. The summed E-state index contributed by atoms with van der Waals surface area (Å²) in [7, 11) is 0. The fourth-order valence-corrected chi connectivity index (χ4v) is 0.797. The number of hydrogen-bond acceptors (Lipinski definition) is 4. The zero-order chi connectivity index (χ0) is 9.40. The highest BCUT2D eigenvalue weighted by atomic mass is 127. The molecule has 12 heavy (non-hydrogen) atoms. The highest BCUT2D eigenvalue weighted by Gasteiger charge is 2.09. The molecular formula is C7H11IO4. The van der Waals surface area contributed by atoms with Gasteiger partial charge in [0.2, 0.25) is 0 Å². The maximum absolute atomic E-state index is 10.9. The van der Waals surface area contributed by atoms with E-state index in [4.69, 9.17) is 4.74 Å². The van der Waals surface area contributed by atoms with Crippen LogP contribution in [0.2, 0.25) is 0 Å². The molecule has 0 fully saturated rings. The molecule has 0 amide bonds. The molecule has 0 N–H and O–H groups in total. The molecular weight excluding hydrogens is 275 g/mol. The smallest absolute Gasteiger partial charge is 0.313 e. The number of carbonyl (C=O) groups is 2. The predicted molar refractivity (Wildman–Crippen MR) is 51.1 cm³/mol. The van der Waals surface area contributed by atoms with Crippen molar-refractivity contribution in [3.05, 3.63) is 0 Å². The van der Waals surface area contributed by atoms with Gasteiger partial charge >= 0.3 is 5.97 Å². The second kappa shape index (κ2) is 7.48. The lowest BCUT2D eigenvalue weighted by atomic mass is 10.3. The minimum atomic E-state index is -0.487. The van der Waals surface area contributed by atoms with E-state index in [0.717, 1.165) is 0 Å². The van der Waals surface area contributed by atoms with E-state index in [-0.39, 0.29) is 18.8 Å². The third-order valence-corrected chi connectivity index (χ3v) is 1.43. The van der Waals surface area contributed by atoms with Gasteiger partial charge in [-0.3, -0.25) is 9.59 Å². The van der Waals surface area contributed by atoms with Crippen LogP contribution in [0.5, 0.6) is 0 Å². The predicted octanol–water partition coefficient (Wildman–Crippen LogP) is 0.918. The van der Waals surface area contributed by atoms with Crippen LogP contribution in [0.25, 0.3) is 0 Å². The largest absolute Gasteiger partial charge is 0.466 e. The van der Waals surface area contributed by atoms with Crippen LogP contribution in [0.3, 0.4) is 0 Å². The second-order valence-corrected chi connectivity index (χ2v) is 2.60. The standard InChI is InChI=1S/C7H11IO4/c1-2-12-7(10)3-6(9)4-11-5-8/h2-5H2,1H3. The summed E-state index contributed by atoms with van der Waals surface area (Å²) in [5, 5.41) is 0. The Bertz CT molecular complexity index is 157. The van der Waals surface area contributed by atoms with E-state index in [1.807, 2.05) is 22.6 Å². The van der Waals surface area contributed by atoms with E-state index in [1.165, 1.54) is 0 Å². The first kappa shape index (κ1) is 11.8. The van der Waals surface area contributed by atoms with Crippen molar-refractivity contribution in [1.82, 2.24) is 0 Å². The van der Waals surface area contributed by atoms with Crippen LogP contribution < -0.4 is 0 Å². The molecule has 0 radical (unpaired) electrons. The normalized spacial score (nSPS) is 9.50. The van der Waals surface area contributed by atoms with Crippen LogP contribution in [0.1, 0.15) is 13.3 Å². The van der Waals surface area contributed by atoms with Gasteiger partial charge in [0.05, 0.1) is 11.2 Å². The monoisotopic (exact) mass is 286 g/mol. The van der Waals surface area contributed by atoms with E-state index in [2.05, 4.69) is 4.74 Å². The lowest BCUT2D eigenvalue weighted by molar-refractivity contribution is -0.146. The summed E-state index contributed by atoms with van der Waals surface area (Å²) in [6.07, 6.45) is -0.190. The maximum atomic E-state index is 10.9. The molecule has 0 saturated carbocycles. The van der Waals surface area contributed by atoms with E-state index < -0.39 is 5.97 Å². The Hall–Kier alpha value is -0.170. The molecule has 70 valence electrons. The van der Waals surface area contributed by atoms with Crippen molar-refractivity contribution < 1.29 is 19.1 Å². The summed E-state index contributed by atoms with van der Waals surface area (Å²) in [5.41, 5.74) is 0. The number of ketones is 1. The number of carbonyl (C=O) groups excluding carboxylic acids is 2. The first-order valence-electron chi connectivity index (χ1n) is 3.51. The van der Waals surface area contributed by atoms with Crippen LogP contribution in [-0.4, -0.2) is 29.6 Å². The van der Waals surface area contributed by atoms with Crippen molar-refractivity contribution in [3.8, 4) is 0 Å². The average molecular weight is 286 g/mol. The van der Waals surface area contributed by atoms with Gasteiger partial charge in [-0.2, -0.15) is 0 Å². The second-order valence-electron chi connectivity index (χ2n) is 1.98. The topological polar surface area (TPSA) is 52.6 Å². The summed E-state index contributed by atoms with van der Waals surface area (Å²) in [5.74, 6) is -0.732. The minimum absolute atomic E-state index is 0.0121. The zero-order valence-corrected chi connectivity index (χ0v) is 9.00. The third kappa shape index (κ3) is 6.53. The third-order valence-electron chi connectivity index (χ3n) is 0.987. The van der Waals surface area contributed by atoms with Crippen LogP contribution in [0.4, 0.5) is 0 Å². The number of rotatable bonds is 6.